The highest BCUT2D eigenvalue weighted by Crippen LogP contribution is 2.06. The summed E-state index contributed by atoms with van der Waals surface area (Å²) in [7, 11) is 0. The number of hydrogen-bond acceptors (Lipinski definition) is 4. The van der Waals surface area contributed by atoms with Gasteiger partial charge in [-0.3, -0.25) is 4.79 Å². The number of hydrogen-bond donors (Lipinski definition) is 3. The predicted molar refractivity (Wildman–Crippen MR) is 136 cm³/mol. The number of nitrogens with two attached hydrogens (primary N) is 1. The van der Waals surface area contributed by atoms with Gasteiger partial charge in [-0.1, -0.05) is 36.4 Å². The number of aliphatic hydroxyl groups excluding tert-OH is 1. The lowest BCUT2D eigenvalue weighted by Crippen LogP contribution is -2.77. The van der Waals surface area contributed by atoms with Gasteiger partial charge in [0.1, 0.15) is 6.61 Å². The molecule has 1 aromatic heterocycles. The highest BCUT2D eigenvalue weighted by molar-refractivity contribution is 6.59. The zero-order valence-corrected chi connectivity index (χ0v) is 19.9. The van der Waals surface area contributed by atoms with E-state index in [2.05, 4.69) is 38.8 Å². The zero-order valence-electron chi connectivity index (χ0n) is 19.9. The lowest BCUT2D eigenvalue weighted by atomic mass is 10.1. The third-order valence-electron chi connectivity index (χ3n) is 6.48. The predicted octanol–water partition coefficient (Wildman–Crippen LogP) is -1.35. The number of nitrogens with zero attached hydrogens (tertiary/aromatic N) is 3. The summed E-state index contributed by atoms with van der Waals surface area (Å²) in [5.74, 6) is -0.510. The minimum atomic E-state index is -0.560. The summed E-state index contributed by atoms with van der Waals surface area (Å²) in [5.41, 5.74) is 7.74. The van der Waals surface area contributed by atoms with Crippen molar-refractivity contribution in [1.82, 2.24) is 4.57 Å². The molecule has 0 radical (unpaired) electrons. The van der Waals surface area contributed by atoms with Crippen LogP contribution in [0, 0.1) is 0 Å². The maximum atomic E-state index is 12.5. The molecule has 0 saturated carbocycles. The van der Waals surface area contributed by atoms with Crippen molar-refractivity contribution in [3.63, 3.8) is 0 Å². The molecule has 0 unspecified atom stereocenters. The molecule has 4 rings (SSSR count). The molecule has 2 aromatic rings. The minimum absolute atomic E-state index is 0.0466. The van der Waals surface area contributed by atoms with Crippen LogP contribution in [0.25, 0.3) is 12.2 Å². The summed E-state index contributed by atoms with van der Waals surface area (Å²) in [6.07, 6.45) is 12.5. The summed E-state index contributed by atoms with van der Waals surface area (Å²) in [6, 6.07) is 12.2. The Labute approximate surface area is 204 Å². The highest BCUT2D eigenvalue weighted by atomic mass is 16.3. The van der Waals surface area contributed by atoms with E-state index in [4.69, 9.17) is 5.73 Å². The molecule has 1 aliphatic carbocycles. The average molecular weight is 476 g/mol. The van der Waals surface area contributed by atoms with Gasteiger partial charge in [0, 0.05) is 25.2 Å². The van der Waals surface area contributed by atoms with Gasteiger partial charge in [0.05, 0.1) is 18.2 Å². The number of aliphatic imine (C=N–C) groups is 1. The van der Waals surface area contributed by atoms with Crippen molar-refractivity contribution in [2.75, 3.05) is 13.3 Å². The minimum Gasteiger partial charge on any atom is -0.389 e. The SMILES string of the molecule is NC(=O)C1=NC[N+]([C@H](CO)CCn2ccc3c2=CC(=[NH+]C(=O)CCCCc2ccccc2)CC=3)=C1. The van der Waals surface area contributed by atoms with Crippen LogP contribution in [0.1, 0.15) is 37.7 Å². The number of aliphatic hydroxyl groups is 1. The third kappa shape index (κ3) is 6.48. The Bertz CT molecular complexity index is 1290. The van der Waals surface area contributed by atoms with E-state index in [0.29, 0.717) is 32.5 Å². The number of benzene rings is 1. The van der Waals surface area contributed by atoms with Crippen molar-refractivity contribution in [2.24, 2.45) is 10.7 Å². The molecule has 35 heavy (non-hydrogen) atoms. The van der Waals surface area contributed by atoms with Gasteiger partial charge in [0.15, 0.2) is 23.7 Å². The van der Waals surface area contributed by atoms with Crippen LogP contribution in [0.2, 0.25) is 0 Å². The van der Waals surface area contributed by atoms with Gasteiger partial charge < -0.3 is 15.4 Å². The summed E-state index contributed by atoms with van der Waals surface area (Å²) >= 11 is 0. The fourth-order valence-corrected chi connectivity index (χ4v) is 4.48. The number of carbonyl (C=O) groups excluding carboxylic acids is 2. The van der Waals surface area contributed by atoms with E-state index in [0.717, 1.165) is 35.5 Å². The Balaban J connectivity index is 1.34. The molecule has 2 aliphatic rings. The second-order valence-corrected chi connectivity index (χ2v) is 8.99. The highest BCUT2D eigenvalue weighted by Gasteiger charge is 2.26. The Morgan fingerprint density at radius 3 is 2.77 bits per heavy atom. The number of amides is 2. The van der Waals surface area contributed by atoms with E-state index in [9.17, 15) is 14.7 Å². The van der Waals surface area contributed by atoms with Gasteiger partial charge in [-0.2, -0.15) is 4.99 Å². The van der Waals surface area contributed by atoms with Gasteiger partial charge in [-0.05, 0) is 36.1 Å². The Hall–Kier alpha value is -3.65. The third-order valence-corrected chi connectivity index (χ3v) is 6.48. The standard InChI is InChI=1S/C27H31N5O3/c28-27(35)24-17-32(19-29-24)23(18-33)13-15-31-14-12-21-10-11-22(16-25(21)31)30-26(34)9-5-4-8-20-6-2-1-3-7-20/h1-3,6-7,10,12,14,16-17,23,33H,4-5,8-9,11,13,15,18-19H2,(H-,28,35)/p+2/t23-/m0/s1. The number of fused-ring (bicyclic) bond motifs is 1. The molecule has 8 nitrogen and oxygen atoms in total. The molecule has 0 bridgehead atoms. The lowest BCUT2D eigenvalue weighted by molar-refractivity contribution is -0.560. The number of nitrogens with one attached hydrogen (secondary N) is 1. The molecule has 1 atom stereocenters. The molecular weight excluding hydrogens is 442 g/mol. The van der Waals surface area contributed by atoms with E-state index < -0.39 is 5.91 Å². The first-order valence-corrected chi connectivity index (χ1v) is 12.2. The quantitative estimate of drug-likeness (QED) is 0.276. The van der Waals surface area contributed by atoms with Gasteiger partial charge in [-0.25, -0.2) is 14.4 Å². The molecular formula is C27H33N5O3+2. The van der Waals surface area contributed by atoms with Crippen molar-refractivity contribution in [2.45, 2.75) is 51.1 Å². The second kappa shape index (κ2) is 11.7. The molecule has 2 amide bonds. The van der Waals surface area contributed by atoms with Crippen molar-refractivity contribution < 1.29 is 24.3 Å². The van der Waals surface area contributed by atoms with Crippen molar-refractivity contribution in [3.05, 3.63) is 58.7 Å². The van der Waals surface area contributed by atoms with E-state index in [1.54, 1.807) is 6.21 Å². The van der Waals surface area contributed by atoms with Gasteiger partial charge >= 0.3 is 5.91 Å². The smallest absolute Gasteiger partial charge is 0.385 e. The summed E-state index contributed by atoms with van der Waals surface area (Å²) in [6.45, 7) is 0.958. The molecule has 4 N–H and O–H groups in total. The fourth-order valence-electron chi connectivity index (χ4n) is 4.48. The van der Waals surface area contributed by atoms with Crippen LogP contribution < -0.4 is 21.3 Å². The first-order chi connectivity index (χ1) is 17.0. The number of carbonyl (C=O) groups is 2. The van der Waals surface area contributed by atoms with Crippen LogP contribution in [0.3, 0.4) is 0 Å². The summed E-state index contributed by atoms with van der Waals surface area (Å²) < 4.78 is 3.98. The van der Waals surface area contributed by atoms with E-state index in [-0.39, 0.29) is 24.3 Å². The monoisotopic (exact) mass is 475 g/mol. The van der Waals surface area contributed by atoms with E-state index >= 15 is 0 Å². The molecule has 1 aromatic carbocycles. The Kier molecular flexibility index (Phi) is 8.15. The second-order valence-electron chi connectivity index (χ2n) is 8.99. The number of rotatable bonds is 11. The van der Waals surface area contributed by atoms with Crippen LogP contribution in [-0.4, -0.2) is 63.0 Å². The van der Waals surface area contributed by atoms with Crippen LogP contribution in [0.5, 0.6) is 0 Å². The number of aromatic nitrogens is 1. The van der Waals surface area contributed by atoms with E-state index in [1.165, 1.54) is 5.56 Å². The van der Waals surface area contributed by atoms with Crippen molar-refractivity contribution >= 4 is 41.6 Å². The van der Waals surface area contributed by atoms with Crippen LogP contribution in [0.4, 0.5) is 0 Å². The molecule has 8 heteroatoms. The molecule has 182 valence electrons. The van der Waals surface area contributed by atoms with E-state index in [1.807, 2.05) is 35.0 Å². The molecule has 0 fully saturated rings. The van der Waals surface area contributed by atoms with Crippen LogP contribution in [-0.2, 0) is 22.6 Å². The number of primary amides is 1. The van der Waals surface area contributed by atoms with Crippen molar-refractivity contribution in [3.8, 4) is 0 Å². The summed E-state index contributed by atoms with van der Waals surface area (Å²) in [5, 5.41) is 12.1. The van der Waals surface area contributed by atoms with Gasteiger partial charge in [0.25, 0.3) is 5.91 Å². The first-order valence-electron chi connectivity index (χ1n) is 12.2. The lowest BCUT2D eigenvalue weighted by Gasteiger charge is -2.12. The topological polar surface area (TPSA) is 115 Å². The number of unbranched alkanes of at least 4 members (excludes halogenated alkanes) is 1. The average Bonchev–Trinajstić information content (AvgIpc) is 3.51. The van der Waals surface area contributed by atoms with Crippen molar-refractivity contribution in [1.29, 1.82) is 0 Å². The fraction of sp³-hybridized carbons (Fsp3) is 0.370. The molecule has 2 heterocycles. The maximum Gasteiger partial charge on any atom is 0.385 e. The van der Waals surface area contributed by atoms with Crippen LogP contribution >= 0.6 is 0 Å². The molecule has 1 aliphatic heterocycles. The molecule has 0 spiro atoms. The number of aryl methyl sites for hydroxylation is 2. The normalized spacial score (nSPS) is 16.7. The zero-order chi connectivity index (χ0) is 24.6. The molecule has 0 saturated heterocycles. The first kappa shape index (κ1) is 24.5. The maximum absolute atomic E-state index is 12.5. The largest absolute Gasteiger partial charge is 0.389 e. The summed E-state index contributed by atoms with van der Waals surface area (Å²) in [4.78, 5) is 31.0. The van der Waals surface area contributed by atoms with Gasteiger partial charge in [0.2, 0.25) is 6.67 Å². The van der Waals surface area contributed by atoms with Crippen LogP contribution in [0.15, 0.2) is 47.6 Å². The van der Waals surface area contributed by atoms with Gasteiger partial charge in [-0.15, -0.1) is 0 Å². The Morgan fingerprint density at radius 1 is 1.20 bits per heavy atom. The Morgan fingerprint density at radius 2 is 2.03 bits per heavy atom.